The molecule has 1 atom stereocenters. The molecule has 1 unspecified atom stereocenters. The van der Waals surface area contributed by atoms with E-state index in [1.54, 1.807) is 0 Å². The van der Waals surface area contributed by atoms with E-state index in [1.807, 2.05) is 6.92 Å². The van der Waals surface area contributed by atoms with Crippen molar-refractivity contribution in [3.8, 4) is 0 Å². The summed E-state index contributed by atoms with van der Waals surface area (Å²) in [5.41, 5.74) is 0.150. The van der Waals surface area contributed by atoms with Crippen molar-refractivity contribution < 1.29 is 18.4 Å². The van der Waals surface area contributed by atoms with Gasteiger partial charge in [-0.25, -0.2) is 4.79 Å². The SMILES string of the molecule is C=CC(=O)OCCC[SiH](OCC)OCC(C)(C)C. The van der Waals surface area contributed by atoms with Gasteiger partial charge in [-0.05, 0) is 24.8 Å². The van der Waals surface area contributed by atoms with Crippen molar-refractivity contribution in [1.82, 2.24) is 0 Å². The fourth-order valence-corrected chi connectivity index (χ4v) is 3.21. The molecule has 0 spiro atoms. The van der Waals surface area contributed by atoms with Crippen LogP contribution in [0.4, 0.5) is 0 Å². The van der Waals surface area contributed by atoms with Gasteiger partial charge in [-0.3, -0.25) is 0 Å². The number of carbonyl (C=O) groups is 1. The molecular formula is C13H26O4Si. The molecule has 0 rings (SSSR count). The van der Waals surface area contributed by atoms with Crippen LogP contribution in [0.3, 0.4) is 0 Å². The minimum Gasteiger partial charge on any atom is -0.463 e. The lowest BCUT2D eigenvalue weighted by Crippen LogP contribution is -2.28. The Morgan fingerprint density at radius 2 is 2.00 bits per heavy atom. The van der Waals surface area contributed by atoms with Crippen molar-refractivity contribution in [3.63, 3.8) is 0 Å². The molecule has 5 heteroatoms. The van der Waals surface area contributed by atoms with Gasteiger partial charge >= 0.3 is 15.3 Å². The van der Waals surface area contributed by atoms with Crippen molar-refractivity contribution >= 4 is 15.3 Å². The van der Waals surface area contributed by atoms with E-state index < -0.39 is 9.28 Å². The lowest BCUT2D eigenvalue weighted by atomic mass is 9.99. The van der Waals surface area contributed by atoms with E-state index in [1.165, 1.54) is 6.08 Å². The van der Waals surface area contributed by atoms with E-state index in [0.717, 1.165) is 12.5 Å². The molecule has 0 amide bonds. The maximum Gasteiger partial charge on any atom is 0.330 e. The van der Waals surface area contributed by atoms with Gasteiger partial charge in [-0.1, -0.05) is 27.4 Å². The Kier molecular flexibility index (Phi) is 8.96. The molecule has 0 saturated heterocycles. The van der Waals surface area contributed by atoms with E-state index in [-0.39, 0.29) is 11.4 Å². The summed E-state index contributed by atoms with van der Waals surface area (Å²) in [5.74, 6) is -0.375. The third-order valence-corrected chi connectivity index (χ3v) is 4.17. The van der Waals surface area contributed by atoms with Crippen LogP contribution < -0.4 is 0 Å². The lowest BCUT2D eigenvalue weighted by molar-refractivity contribution is -0.137. The fourth-order valence-electron chi connectivity index (χ4n) is 1.23. The van der Waals surface area contributed by atoms with Gasteiger partial charge in [0.2, 0.25) is 0 Å². The molecule has 0 aromatic carbocycles. The van der Waals surface area contributed by atoms with Gasteiger partial charge in [0.25, 0.3) is 0 Å². The summed E-state index contributed by atoms with van der Waals surface area (Å²) in [5, 5.41) is 0. The molecule has 0 bridgehead atoms. The van der Waals surface area contributed by atoms with Crippen molar-refractivity contribution in [2.75, 3.05) is 19.8 Å². The first kappa shape index (κ1) is 17.3. The number of hydrogen-bond donors (Lipinski definition) is 0. The van der Waals surface area contributed by atoms with Crippen LogP contribution in [-0.4, -0.2) is 35.1 Å². The van der Waals surface area contributed by atoms with Gasteiger partial charge in [0, 0.05) is 19.3 Å². The van der Waals surface area contributed by atoms with Crippen LogP contribution in [0.5, 0.6) is 0 Å². The topological polar surface area (TPSA) is 44.8 Å². The van der Waals surface area contributed by atoms with Crippen LogP contribution in [-0.2, 0) is 18.4 Å². The van der Waals surface area contributed by atoms with E-state index in [4.69, 9.17) is 13.6 Å². The normalized spacial score (nSPS) is 13.1. The number of carbonyl (C=O) groups excluding carboxylic acids is 1. The number of rotatable bonds is 9. The van der Waals surface area contributed by atoms with Gasteiger partial charge in [-0.2, -0.15) is 0 Å². The molecule has 0 fully saturated rings. The zero-order chi connectivity index (χ0) is 14.0. The Bertz CT molecular complexity index is 248. The van der Waals surface area contributed by atoms with E-state index in [9.17, 15) is 4.79 Å². The molecule has 0 aliphatic rings. The molecule has 0 saturated carbocycles. The first-order valence-corrected chi connectivity index (χ1v) is 8.17. The first-order chi connectivity index (χ1) is 8.39. The zero-order valence-corrected chi connectivity index (χ0v) is 13.2. The van der Waals surface area contributed by atoms with E-state index >= 15 is 0 Å². The summed E-state index contributed by atoms with van der Waals surface area (Å²) in [4.78, 5) is 10.8. The lowest BCUT2D eigenvalue weighted by Gasteiger charge is -2.23. The second kappa shape index (κ2) is 9.30. The van der Waals surface area contributed by atoms with Crippen molar-refractivity contribution in [2.45, 2.75) is 40.2 Å². The predicted octanol–water partition coefficient (Wildman–Crippen LogP) is 2.43. The van der Waals surface area contributed by atoms with Crippen LogP contribution in [0.2, 0.25) is 6.04 Å². The van der Waals surface area contributed by atoms with Gasteiger partial charge < -0.3 is 13.6 Å². The van der Waals surface area contributed by atoms with Gasteiger partial charge in [-0.15, -0.1) is 0 Å². The third kappa shape index (κ3) is 10.5. The second-order valence-electron chi connectivity index (χ2n) is 5.27. The molecule has 0 heterocycles. The van der Waals surface area contributed by atoms with Crippen LogP contribution in [0.15, 0.2) is 12.7 Å². The number of ether oxygens (including phenoxy) is 1. The summed E-state index contributed by atoms with van der Waals surface area (Å²) in [6.07, 6.45) is 1.95. The highest BCUT2D eigenvalue weighted by Gasteiger charge is 2.17. The van der Waals surface area contributed by atoms with E-state index in [2.05, 4.69) is 27.4 Å². The predicted molar refractivity (Wildman–Crippen MR) is 74.8 cm³/mol. The Labute approximate surface area is 112 Å². The largest absolute Gasteiger partial charge is 0.463 e. The molecule has 0 aliphatic carbocycles. The van der Waals surface area contributed by atoms with Crippen LogP contribution in [0.25, 0.3) is 0 Å². The molecular weight excluding hydrogens is 248 g/mol. The Hall–Kier alpha value is -0.653. The second-order valence-corrected chi connectivity index (χ2v) is 7.37. The summed E-state index contributed by atoms with van der Waals surface area (Å²) < 4.78 is 16.4. The number of hydrogen-bond acceptors (Lipinski definition) is 4. The maximum atomic E-state index is 10.8. The summed E-state index contributed by atoms with van der Waals surface area (Å²) >= 11 is 0. The Balaban J connectivity index is 3.82. The highest BCUT2D eigenvalue weighted by Crippen LogP contribution is 2.15. The molecule has 4 nitrogen and oxygen atoms in total. The molecule has 18 heavy (non-hydrogen) atoms. The summed E-state index contributed by atoms with van der Waals surface area (Å²) in [6, 6.07) is 0.855. The average molecular weight is 274 g/mol. The van der Waals surface area contributed by atoms with Crippen molar-refractivity contribution in [2.24, 2.45) is 5.41 Å². The third-order valence-electron chi connectivity index (χ3n) is 2.05. The van der Waals surface area contributed by atoms with Gasteiger partial charge in [0.1, 0.15) is 0 Å². The first-order valence-electron chi connectivity index (χ1n) is 6.41. The molecule has 0 aliphatic heterocycles. The zero-order valence-electron chi connectivity index (χ0n) is 12.0. The number of esters is 1. The summed E-state index contributed by atoms with van der Waals surface area (Å²) in [6.45, 7) is 13.5. The quantitative estimate of drug-likeness (QED) is 0.280. The standard InChI is InChI=1S/C13H26O4Si/c1-6-12(14)15-9-8-10-18(16-7-2)17-11-13(3,4)5/h6,18H,1,7-11H2,2-5H3. The molecule has 0 aromatic rings. The monoisotopic (exact) mass is 274 g/mol. The van der Waals surface area contributed by atoms with Crippen LogP contribution in [0, 0.1) is 5.41 Å². The Morgan fingerprint density at radius 3 is 2.50 bits per heavy atom. The minimum absolute atomic E-state index is 0.150. The van der Waals surface area contributed by atoms with Gasteiger partial charge in [0.15, 0.2) is 0 Å². The summed E-state index contributed by atoms with van der Waals surface area (Å²) in [7, 11) is -1.62. The highest BCUT2D eigenvalue weighted by molar-refractivity contribution is 6.44. The fraction of sp³-hybridized carbons (Fsp3) is 0.769. The van der Waals surface area contributed by atoms with Gasteiger partial charge in [0.05, 0.1) is 6.61 Å². The Morgan fingerprint density at radius 1 is 1.33 bits per heavy atom. The minimum atomic E-state index is -1.62. The van der Waals surface area contributed by atoms with Crippen LogP contribution >= 0.6 is 0 Å². The molecule has 0 aromatic heterocycles. The molecule has 106 valence electrons. The van der Waals surface area contributed by atoms with E-state index in [0.29, 0.717) is 19.8 Å². The maximum absolute atomic E-state index is 10.8. The van der Waals surface area contributed by atoms with Crippen LogP contribution in [0.1, 0.15) is 34.1 Å². The molecule has 0 radical (unpaired) electrons. The average Bonchev–Trinajstić information content (AvgIpc) is 2.29. The van der Waals surface area contributed by atoms with Crippen molar-refractivity contribution in [3.05, 3.63) is 12.7 Å². The smallest absolute Gasteiger partial charge is 0.330 e. The molecule has 0 N–H and O–H groups in total. The van der Waals surface area contributed by atoms with Crippen molar-refractivity contribution in [1.29, 1.82) is 0 Å². The highest BCUT2D eigenvalue weighted by atomic mass is 28.3.